The van der Waals surface area contributed by atoms with Crippen LogP contribution in [0.25, 0.3) is 0 Å². The number of likely N-dealkylation sites (N-methyl/N-ethyl adjacent to an activating group) is 1. The fourth-order valence-corrected chi connectivity index (χ4v) is 5.01. The van der Waals surface area contributed by atoms with E-state index in [4.69, 9.17) is 0 Å². The Hall–Kier alpha value is -1.41. The molecule has 0 bridgehead atoms. The Morgan fingerprint density at radius 2 is 2.10 bits per heavy atom. The summed E-state index contributed by atoms with van der Waals surface area (Å²) in [5.74, 6) is -0.142. The molecule has 0 aromatic carbocycles. The molecule has 0 spiro atoms. The van der Waals surface area contributed by atoms with Gasteiger partial charge < -0.3 is 4.90 Å². The van der Waals surface area contributed by atoms with Crippen molar-refractivity contribution < 1.29 is 13.2 Å². The van der Waals surface area contributed by atoms with E-state index in [2.05, 4.69) is 5.10 Å². The molecule has 0 saturated carbocycles. The Bertz CT molecular complexity index is 639. The number of carbonyl (C=O) groups is 1. The first-order chi connectivity index (χ1) is 9.43. The summed E-state index contributed by atoms with van der Waals surface area (Å²) in [7, 11) is -0.252. The average Bonchev–Trinajstić information content (AvgIpc) is 2.95. The Labute approximate surface area is 118 Å². The highest BCUT2D eigenvalue weighted by Gasteiger charge is 2.48. The minimum Gasteiger partial charge on any atom is -0.344 e. The van der Waals surface area contributed by atoms with Crippen molar-refractivity contribution in [3.05, 3.63) is 12.3 Å². The molecule has 3 rings (SSSR count). The number of nitrogens with zero attached hydrogens (tertiary/aromatic N) is 4. The molecule has 2 aliphatic heterocycles. The lowest BCUT2D eigenvalue weighted by Gasteiger charge is -2.34. The monoisotopic (exact) mass is 298 g/mol. The highest BCUT2D eigenvalue weighted by molar-refractivity contribution is 7.89. The van der Waals surface area contributed by atoms with Crippen LogP contribution < -0.4 is 0 Å². The molecule has 1 amide bonds. The van der Waals surface area contributed by atoms with Crippen LogP contribution in [0.4, 0.5) is 0 Å². The van der Waals surface area contributed by atoms with Gasteiger partial charge in [0.15, 0.2) is 5.03 Å². The summed E-state index contributed by atoms with van der Waals surface area (Å²) < 4.78 is 28.4. The van der Waals surface area contributed by atoms with E-state index in [9.17, 15) is 13.2 Å². The first-order valence-electron chi connectivity index (χ1n) is 6.68. The molecular formula is C12H18N4O3S. The molecule has 1 aromatic heterocycles. The molecule has 1 aromatic rings. The van der Waals surface area contributed by atoms with Crippen LogP contribution in [-0.4, -0.2) is 59.5 Å². The molecule has 2 fully saturated rings. The van der Waals surface area contributed by atoms with Crippen molar-refractivity contribution in [3.8, 4) is 0 Å². The van der Waals surface area contributed by atoms with E-state index in [-0.39, 0.29) is 22.9 Å². The topological polar surface area (TPSA) is 75.5 Å². The van der Waals surface area contributed by atoms with E-state index in [0.717, 1.165) is 12.8 Å². The van der Waals surface area contributed by atoms with Crippen molar-refractivity contribution in [1.82, 2.24) is 19.0 Å². The summed E-state index contributed by atoms with van der Waals surface area (Å²) >= 11 is 0. The lowest BCUT2D eigenvalue weighted by atomic mass is 9.93. The summed E-state index contributed by atoms with van der Waals surface area (Å²) in [5.41, 5.74) is 0. The summed E-state index contributed by atoms with van der Waals surface area (Å²) in [4.78, 5) is 13.7. The SMILES string of the molecule is CN1C[C@@H]2[C@@H](CCCN2S(=O)(=O)c2ccnn2C)C1=O. The predicted molar refractivity (Wildman–Crippen MR) is 71.2 cm³/mol. The molecule has 2 aliphatic rings. The lowest BCUT2D eigenvalue weighted by molar-refractivity contribution is -0.130. The Kier molecular flexibility index (Phi) is 3.09. The van der Waals surface area contributed by atoms with Gasteiger partial charge in [-0.15, -0.1) is 0 Å². The fourth-order valence-electron chi connectivity index (χ4n) is 3.22. The van der Waals surface area contributed by atoms with Gasteiger partial charge in [-0.05, 0) is 18.9 Å². The summed E-state index contributed by atoms with van der Waals surface area (Å²) in [6.07, 6.45) is 2.96. The number of rotatable bonds is 2. The van der Waals surface area contributed by atoms with E-state index in [0.29, 0.717) is 13.1 Å². The molecule has 110 valence electrons. The third kappa shape index (κ3) is 1.86. The number of aromatic nitrogens is 2. The van der Waals surface area contributed by atoms with Gasteiger partial charge in [0, 0.05) is 27.2 Å². The van der Waals surface area contributed by atoms with Crippen LogP contribution in [0.2, 0.25) is 0 Å². The highest BCUT2D eigenvalue weighted by atomic mass is 32.2. The number of aryl methyl sites for hydroxylation is 1. The zero-order chi connectivity index (χ0) is 14.5. The van der Waals surface area contributed by atoms with E-state index in [1.807, 2.05) is 0 Å². The second kappa shape index (κ2) is 4.56. The standard InChI is InChI=1S/C12H18N4O3S/c1-14-8-10-9(12(14)17)4-3-7-16(10)20(18,19)11-5-6-13-15(11)2/h5-6,9-10H,3-4,7-8H2,1-2H3/t9-,10-/m1/s1. The number of likely N-dealkylation sites (tertiary alicyclic amines) is 1. The third-order valence-electron chi connectivity index (χ3n) is 4.23. The first kappa shape index (κ1) is 13.6. The van der Waals surface area contributed by atoms with Gasteiger partial charge in [0.05, 0.1) is 18.2 Å². The maximum Gasteiger partial charge on any atom is 0.260 e. The van der Waals surface area contributed by atoms with Gasteiger partial charge in [-0.1, -0.05) is 0 Å². The number of fused-ring (bicyclic) bond motifs is 1. The molecule has 7 nitrogen and oxygen atoms in total. The van der Waals surface area contributed by atoms with Crippen LogP contribution in [0.1, 0.15) is 12.8 Å². The van der Waals surface area contributed by atoms with Crippen LogP contribution >= 0.6 is 0 Å². The van der Waals surface area contributed by atoms with Crippen LogP contribution in [0.5, 0.6) is 0 Å². The Balaban J connectivity index is 1.98. The number of hydrogen-bond donors (Lipinski definition) is 0. The maximum atomic E-state index is 12.8. The van der Waals surface area contributed by atoms with Gasteiger partial charge >= 0.3 is 0 Å². The molecule has 8 heteroatoms. The zero-order valence-corrected chi connectivity index (χ0v) is 12.4. The summed E-state index contributed by atoms with van der Waals surface area (Å²) in [5, 5.41) is 4.11. The highest BCUT2D eigenvalue weighted by Crippen LogP contribution is 2.34. The molecule has 2 saturated heterocycles. The van der Waals surface area contributed by atoms with Crippen LogP contribution in [-0.2, 0) is 21.9 Å². The zero-order valence-electron chi connectivity index (χ0n) is 11.6. The van der Waals surface area contributed by atoms with Gasteiger partial charge in [-0.25, -0.2) is 8.42 Å². The Morgan fingerprint density at radius 3 is 2.75 bits per heavy atom. The van der Waals surface area contributed by atoms with Crippen molar-refractivity contribution in [1.29, 1.82) is 0 Å². The predicted octanol–water partition coefficient (Wildman–Crippen LogP) is -0.339. The van der Waals surface area contributed by atoms with E-state index in [1.165, 1.54) is 21.3 Å². The molecular weight excluding hydrogens is 280 g/mol. The number of sulfonamides is 1. The average molecular weight is 298 g/mol. The number of carbonyl (C=O) groups excluding carboxylic acids is 1. The molecule has 2 atom stereocenters. The molecule has 0 radical (unpaired) electrons. The first-order valence-corrected chi connectivity index (χ1v) is 8.12. The largest absolute Gasteiger partial charge is 0.344 e. The normalized spacial score (nSPS) is 27.9. The van der Waals surface area contributed by atoms with Gasteiger partial charge in [-0.2, -0.15) is 9.40 Å². The van der Waals surface area contributed by atoms with E-state index < -0.39 is 10.0 Å². The Morgan fingerprint density at radius 1 is 1.35 bits per heavy atom. The quantitative estimate of drug-likeness (QED) is 0.748. The van der Waals surface area contributed by atoms with Gasteiger partial charge in [0.2, 0.25) is 5.91 Å². The third-order valence-corrected chi connectivity index (χ3v) is 6.23. The smallest absolute Gasteiger partial charge is 0.260 e. The number of hydrogen-bond acceptors (Lipinski definition) is 4. The maximum absolute atomic E-state index is 12.8. The lowest BCUT2D eigenvalue weighted by Crippen LogP contribution is -2.48. The fraction of sp³-hybridized carbons (Fsp3) is 0.667. The van der Waals surface area contributed by atoms with Crippen molar-refractivity contribution in [2.24, 2.45) is 13.0 Å². The molecule has 0 N–H and O–H groups in total. The summed E-state index contributed by atoms with van der Waals surface area (Å²) in [6.45, 7) is 0.941. The van der Waals surface area contributed by atoms with Crippen molar-refractivity contribution in [2.45, 2.75) is 23.9 Å². The second-order valence-corrected chi connectivity index (χ2v) is 7.28. The van der Waals surface area contributed by atoms with Crippen molar-refractivity contribution in [2.75, 3.05) is 20.1 Å². The molecule has 3 heterocycles. The minimum atomic E-state index is -3.60. The minimum absolute atomic E-state index is 0.0555. The van der Waals surface area contributed by atoms with E-state index >= 15 is 0 Å². The second-order valence-electron chi connectivity index (χ2n) is 5.44. The van der Waals surface area contributed by atoms with Crippen molar-refractivity contribution in [3.63, 3.8) is 0 Å². The molecule has 0 unspecified atom stereocenters. The van der Waals surface area contributed by atoms with Gasteiger partial charge in [0.25, 0.3) is 10.0 Å². The van der Waals surface area contributed by atoms with Crippen LogP contribution in [0.3, 0.4) is 0 Å². The molecule has 20 heavy (non-hydrogen) atoms. The van der Waals surface area contributed by atoms with E-state index in [1.54, 1.807) is 19.0 Å². The number of piperidine rings is 1. The van der Waals surface area contributed by atoms with Crippen LogP contribution in [0.15, 0.2) is 17.3 Å². The van der Waals surface area contributed by atoms with Crippen molar-refractivity contribution >= 4 is 15.9 Å². The van der Waals surface area contributed by atoms with Crippen LogP contribution in [0, 0.1) is 5.92 Å². The van der Waals surface area contributed by atoms with Gasteiger partial charge in [0.1, 0.15) is 0 Å². The van der Waals surface area contributed by atoms with Gasteiger partial charge in [-0.3, -0.25) is 9.48 Å². The molecule has 0 aliphatic carbocycles. The number of amides is 1. The summed E-state index contributed by atoms with van der Waals surface area (Å²) in [6, 6.07) is 1.25.